The standard InChI is InChI=1S/C34H33BrN2/c1-7-24-28-16-21-10-8-9-11-25(21)32(28)36-29(24)18-30-27-17-23(35)12-13-26(27)33(37-30)31-19(2)14-22(15-20(31)3)34(4,5)6/h8-18,36-37H,7H2,1-6H3. The van der Waals surface area contributed by atoms with Gasteiger partial charge in [-0.25, -0.2) is 0 Å². The van der Waals surface area contributed by atoms with E-state index in [2.05, 4.69) is 134 Å². The highest BCUT2D eigenvalue weighted by molar-refractivity contribution is 9.10. The molecule has 2 N–H and O–H groups in total. The van der Waals surface area contributed by atoms with Crippen molar-refractivity contribution in [2.24, 2.45) is 0 Å². The molecule has 2 nitrogen and oxygen atoms in total. The zero-order valence-electron chi connectivity index (χ0n) is 22.4. The number of aromatic amines is 2. The van der Waals surface area contributed by atoms with Crippen molar-refractivity contribution in [3.05, 3.63) is 114 Å². The smallest absolute Gasteiger partial charge is 0.0543 e. The number of halogens is 1. The van der Waals surface area contributed by atoms with Crippen molar-refractivity contribution in [1.29, 1.82) is 0 Å². The minimum Gasteiger partial charge on any atom is -0.354 e. The third-order valence-electron chi connectivity index (χ3n) is 7.80. The molecule has 3 aromatic carbocycles. The quantitative estimate of drug-likeness (QED) is 0.227. The molecule has 5 aromatic rings. The fraction of sp³-hybridized carbons (Fsp3) is 0.235. The van der Waals surface area contributed by atoms with E-state index in [0.29, 0.717) is 0 Å². The summed E-state index contributed by atoms with van der Waals surface area (Å²) in [5, 5.41) is 7.48. The highest BCUT2D eigenvalue weighted by Crippen LogP contribution is 2.38. The molecule has 0 saturated heterocycles. The third-order valence-corrected chi connectivity index (χ3v) is 8.29. The Balaban J connectivity index is 1.62. The van der Waals surface area contributed by atoms with Crippen LogP contribution in [0, 0.1) is 24.4 Å². The van der Waals surface area contributed by atoms with Crippen LogP contribution in [-0.4, -0.2) is 9.97 Å². The van der Waals surface area contributed by atoms with Crippen LogP contribution < -0.4 is 10.6 Å². The van der Waals surface area contributed by atoms with E-state index >= 15 is 0 Å². The van der Waals surface area contributed by atoms with Crippen LogP contribution in [0.1, 0.15) is 61.2 Å². The Morgan fingerprint density at radius 1 is 0.892 bits per heavy atom. The van der Waals surface area contributed by atoms with E-state index in [-0.39, 0.29) is 5.41 Å². The summed E-state index contributed by atoms with van der Waals surface area (Å²) in [5.74, 6) is 0. The maximum Gasteiger partial charge on any atom is 0.0543 e. The zero-order chi connectivity index (χ0) is 26.1. The van der Waals surface area contributed by atoms with Gasteiger partial charge >= 0.3 is 0 Å². The largest absolute Gasteiger partial charge is 0.354 e. The van der Waals surface area contributed by atoms with Gasteiger partial charge in [-0.15, -0.1) is 0 Å². The number of hydrogen-bond acceptors (Lipinski definition) is 0. The predicted molar refractivity (Wildman–Crippen MR) is 160 cm³/mol. The minimum absolute atomic E-state index is 0.121. The number of aromatic nitrogens is 2. The molecule has 0 amide bonds. The molecule has 0 fully saturated rings. The van der Waals surface area contributed by atoms with Gasteiger partial charge in [0.15, 0.2) is 0 Å². The summed E-state index contributed by atoms with van der Waals surface area (Å²) in [7, 11) is 0. The molecule has 1 aliphatic rings. The van der Waals surface area contributed by atoms with E-state index in [1.54, 1.807) is 0 Å². The Kier molecular flexibility index (Phi) is 5.61. The molecule has 0 aliphatic heterocycles. The second kappa shape index (κ2) is 8.63. The fourth-order valence-electron chi connectivity index (χ4n) is 5.93. The summed E-state index contributed by atoms with van der Waals surface area (Å²) < 4.78 is 1.09. The maximum atomic E-state index is 3.85. The van der Waals surface area contributed by atoms with Gasteiger partial charge in [-0.3, -0.25) is 0 Å². The third kappa shape index (κ3) is 3.92. The van der Waals surface area contributed by atoms with Gasteiger partial charge in [0.1, 0.15) is 0 Å². The summed E-state index contributed by atoms with van der Waals surface area (Å²) in [6, 6.07) is 20.0. The minimum atomic E-state index is 0.121. The molecule has 0 radical (unpaired) electrons. The number of rotatable bonds is 3. The topological polar surface area (TPSA) is 31.6 Å². The van der Waals surface area contributed by atoms with Crippen molar-refractivity contribution >= 4 is 38.9 Å². The SMILES string of the molecule is CCc1c2c([nH]c1=Cc1[nH]c(-c3c(C)cc(C(C)(C)C)cc3C)c3ccc(Br)cc13)=c1ccccc1=C2. The van der Waals surface area contributed by atoms with E-state index < -0.39 is 0 Å². The Morgan fingerprint density at radius 3 is 2.32 bits per heavy atom. The van der Waals surface area contributed by atoms with E-state index in [1.807, 2.05) is 0 Å². The first-order chi connectivity index (χ1) is 17.7. The molecule has 0 unspecified atom stereocenters. The fourth-order valence-corrected chi connectivity index (χ4v) is 6.29. The lowest BCUT2D eigenvalue weighted by molar-refractivity contribution is 0.589. The average molecular weight is 550 g/mol. The molecule has 0 bridgehead atoms. The van der Waals surface area contributed by atoms with E-state index in [0.717, 1.165) is 16.6 Å². The molecule has 37 heavy (non-hydrogen) atoms. The van der Waals surface area contributed by atoms with Gasteiger partial charge in [-0.05, 0) is 77.4 Å². The molecular weight excluding hydrogens is 516 g/mol. The summed E-state index contributed by atoms with van der Waals surface area (Å²) in [4.78, 5) is 7.62. The molecule has 0 spiro atoms. The lowest BCUT2D eigenvalue weighted by atomic mass is 9.83. The lowest BCUT2D eigenvalue weighted by Gasteiger charge is -2.22. The van der Waals surface area contributed by atoms with Crippen molar-refractivity contribution in [2.75, 3.05) is 0 Å². The monoisotopic (exact) mass is 548 g/mol. The maximum absolute atomic E-state index is 3.85. The molecule has 3 heteroatoms. The number of benzene rings is 3. The Morgan fingerprint density at radius 2 is 1.62 bits per heavy atom. The van der Waals surface area contributed by atoms with Crippen LogP contribution in [0.25, 0.3) is 34.2 Å². The molecule has 6 rings (SSSR count). The molecule has 1 aliphatic carbocycles. The van der Waals surface area contributed by atoms with Crippen LogP contribution in [0.5, 0.6) is 0 Å². The molecule has 2 heterocycles. The zero-order valence-corrected chi connectivity index (χ0v) is 24.0. The average Bonchev–Trinajstić information content (AvgIpc) is 3.48. The van der Waals surface area contributed by atoms with Crippen LogP contribution in [0.15, 0.2) is 59.1 Å². The van der Waals surface area contributed by atoms with Crippen molar-refractivity contribution < 1.29 is 0 Å². The van der Waals surface area contributed by atoms with E-state index in [4.69, 9.17) is 0 Å². The first-order valence-corrected chi connectivity index (χ1v) is 13.9. The number of H-pyrrole nitrogens is 2. The Labute approximate surface area is 226 Å². The van der Waals surface area contributed by atoms with Crippen LogP contribution in [0.3, 0.4) is 0 Å². The predicted octanol–water partition coefficient (Wildman–Crippen LogP) is 7.66. The van der Waals surface area contributed by atoms with Gasteiger partial charge in [0, 0.05) is 42.6 Å². The van der Waals surface area contributed by atoms with Crippen molar-refractivity contribution in [1.82, 2.24) is 9.97 Å². The van der Waals surface area contributed by atoms with Gasteiger partial charge in [-0.1, -0.05) is 86.1 Å². The lowest BCUT2D eigenvalue weighted by Crippen LogP contribution is -2.12. The van der Waals surface area contributed by atoms with Gasteiger partial charge in [-0.2, -0.15) is 0 Å². The summed E-state index contributed by atoms with van der Waals surface area (Å²) in [6.07, 6.45) is 5.61. The number of aryl methyl sites for hydroxylation is 2. The van der Waals surface area contributed by atoms with Crippen LogP contribution in [-0.2, 0) is 11.8 Å². The van der Waals surface area contributed by atoms with Crippen molar-refractivity contribution in [3.63, 3.8) is 0 Å². The van der Waals surface area contributed by atoms with Gasteiger partial charge in [0.25, 0.3) is 0 Å². The Hall–Kier alpha value is -3.30. The van der Waals surface area contributed by atoms with E-state index in [9.17, 15) is 0 Å². The van der Waals surface area contributed by atoms with Crippen molar-refractivity contribution in [3.8, 4) is 11.3 Å². The summed E-state index contributed by atoms with van der Waals surface area (Å²) in [6.45, 7) is 13.6. The number of nitrogens with one attached hydrogen (secondary N) is 2. The second-order valence-corrected chi connectivity index (χ2v) is 12.3. The molecule has 186 valence electrons. The van der Waals surface area contributed by atoms with Gasteiger partial charge < -0.3 is 9.97 Å². The highest BCUT2D eigenvalue weighted by Gasteiger charge is 2.20. The molecule has 0 saturated carbocycles. The molecular formula is C34H33BrN2. The van der Waals surface area contributed by atoms with Crippen molar-refractivity contribution in [2.45, 2.75) is 53.4 Å². The van der Waals surface area contributed by atoms with Crippen LogP contribution in [0.4, 0.5) is 0 Å². The number of fused-ring (bicyclic) bond motifs is 3. The van der Waals surface area contributed by atoms with Crippen LogP contribution >= 0.6 is 15.9 Å². The molecule has 0 atom stereocenters. The first kappa shape index (κ1) is 24.1. The molecule has 2 aromatic heterocycles. The highest BCUT2D eigenvalue weighted by atomic mass is 79.9. The Bertz CT molecular complexity index is 1900. The van der Waals surface area contributed by atoms with E-state index in [1.165, 1.54) is 71.0 Å². The van der Waals surface area contributed by atoms with Gasteiger partial charge in [0.2, 0.25) is 0 Å². The summed E-state index contributed by atoms with van der Waals surface area (Å²) >= 11 is 3.72. The first-order valence-electron chi connectivity index (χ1n) is 13.1. The second-order valence-electron chi connectivity index (χ2n) is 11.4. The van der Waals surface area contributed by atoms with Crippen LogP contribution in [0.2, 0.25) is 0 Å². The van der Waals surface area contributed by atoms with Gasteiger partial charge in [0.05, 0.1) is 11.0 Å². The number of hydrogen-bond donors (Lipinski definition) is 2. The normalized spacial score (nSPS) is 13.2. The summed E-state index contributed by atoms with van der Waals surface area (Å²) in [5.41, 5.74) is 10.4.